The molecule has 0 aromatic carbocycles. The van der Waals surface area contributed by atoms with Crippen LogP contribution in [0.3, 0.4) is 0 Å². The molecule has 0 N–H and O–H groups in total. The molecule has 0 amide bonds. The molecule has 0 unspecified atom stereocenters. The highest BCUT2D eigenvalue weighted by molar-refractivity contribution is 9.09. The Labute approximate surface area is 254 Å². The van der Waals surface area contributed by atoms with E-state index in [1.165, 1.54) is 0 Å². The van der Waals surface area contributed by atoms with Crippen LogP contribution in [0.2, 0.25) is 0 Å². The van der Waals surface area contributed by atoms with Gasteiger partial charge in [-0.15, -0.1) is 0 Å². The first-order valence-electron chi connectivity index (χ1n) is 14.4. The van der Waals surface area contributed by atoms with Gasteiger partial charge in [-0.25, -0.2) is 0 Å². The number of carbonyl (C=O) groups is 1. The standard InChI is InChI=1S/C27H53BrO13/c1-2-41-27(29)3-5-30-7-9-32-11-13-34-15-17-36-19-21-38-23-25-40-26-24-39-22-20-37-18-16-35-14-12-33-10-8-31-6-4-28/h2-26H2,1H3. The van der Waals surface area contributed by atoms with Crippen molar-refractivity contribution in [3.05, 3.63) is 0 Å². The second kappa shape index (κ2) is 37.5. The SMILES string of the molecule is CCOC(=O)CCOCCOCCOCCOCCOCCOCCOCCOCCOCCOCCOCCBr. The summed E-state index contributed by atoms with van der Waals surface area (Å²) in [4.78, 5) is 11.1. The van der Waals surface area contributed by atoms with Crippen LogP contribution in [0.25, 0.3) is 0 Å². The summed E-state index contributed by atoms with van der Waals surface area (Å²) in [6.45, 7) is 13.4. The van der Waals surface area contributed by atoms with E-state index in [4.69, 9.17) is 56.8 Å². The number of halogens is 1. The Morgan fingerprint density at radius 3 is 0.829 bits per heavy atom. The van der Waals surface area contributed by atoms with Crippen molar-refractivity contribution >= 4 is 21.9 Å². The molecule has 13 nitrogen and oxygen atoms in total. The van der Waals surface area contributed by atoms with Crippen LogP contribution in [0.4, 0.5) is 0 Å². The summed E-state index contributed by atoms with van der Waals surface area (Å²) in [5.74, 6) is -0.250. The molecule has 0 aromatic heterocycles. The van der Waals surface area contributed by atoms with Crippen molar-refractivity contribution in [2.24, 2.45) is 0 Å². The lowest BCUT2D eigenvalue weighted by Crippen LogP contribution is -2.15. The molecule has 246 valence electrons. The van der Waals surface area contributed by atoms with E-state index < -0.39 is 0 Å². The molecule has 0 aliphatic rings. The molecule has 0 rings (SSSR count). The van der Waals surface area contributed by atoms with E-state index in [1.807, 2.05) is 0 Å². The summed E-state index contributed by atoms with van der Waals surface area (Å²) >= 11 is 3.30. The van der Waals surface area contributed by atoms with E-state index >= 15 is 0 Å². The zero-order chi connectivity index (χ0) is 29.7. The molecule has 0 bridgehead atoms. The number of carbonyl (C=O) groups excluding carboxylic acids is 1. The van der Waals surface area contributed by atoms with Crippen molar-refractivity contribution in [2.75, 3.05) is 157 Å². The second-order valence-corrected chi connectivity index (χ2v) is 8.77. The minimum Gasteiger partial charge on any atom is -0.466 e. The van der Waals surface area contributed by atoms with Crippen LogP contribution in [0.5, 0.6) is 0 Å². The Morgan fingerprint density at radius 2 is 0.610 bits per heavy atom. The smallest absolute Gasteiger partial charge is 0.308 e. The van der Waals surface area contributed by atoms with Gasteiger partial charge in [0.05, 0.1) is 158 Å². The third kappa shape index (κ3) is 37.5. The van der Waals surface area contributed by atoms with Gasteiger partial charge < -0.3 is 56.8 Å². The molecule has 0 spiro atoms. The van der Waals surface area contributed by atoms with Crippen molar-refractivity contribution in [1.29, 1.82) is 0 Å². The first-order chi connectivity index (χ1) is 20.3. The van der Waals surface area contributed by atoms with Crippen molar-refractivity contribution in [3.63, 3.8) is 0 Å². The van der Waals surface area contributed by atoms with Crippen LogP contribution < -0.4 is 0 Å². The molecule has 14 heteroatoms. The highest BCUT2D eigenvalue weighted by atomic mass is 79.9. The molecule has 0 fully saturated rings. The summed E-state index contributed by atoms with van der Waals surface area (Å²) in [6, 6.07) is 0. The first-order valence-corrected chi connectivity index (χ1v) is 15.5. The quantitative estimate of drug-likeness (QED) is 0.0546. The minimum atomic E-state index is -0.250. The van der Waals surface area contributed by atoms with Gasteiger partial charge >= 0.3 is 5.97 Å². The fourth-order valence-corrected chi connectivity index (χ4v) is 2.97. The third-order valence-corrected chi connectivity index (χ3v) is 5.02. The van der Waals surface area contributed by atoms with Crippen LogP contribution in [-0.2, 0) is 61.6 Å². The number of rotatable bonds is 36. The number of esters is 1. The maximum Gasteiger partial charge on any atom is 0.308 e. The fourth-order valence-electron chi connectivity index (χ4n) is 2.74. The molecule has 0 radical (unpaired) electrons. The molecule has 0 aliphatic heterocycles. The molecule has 0 atom stereocenters. The monoisotopic (exact) mass is 664 g/mol. The summed E-state index contributed by atoms with van der Waals surface area (Å²) in [5.41, 5.74) is 0. The third-order valence-electron chi connectivity index (χ3n) is 4.70. The lowest BCUT2D eigenvalue weighted by Gasteiger charge is -2.09. The van der Waals surface area contributed by atoms with Crippen molar-refractivity contribution < 1.29 is 61.6 Å². The van der Waals surface area contributed by atoms with Crippen molar-refractivity contribution in [1.82, 2.24) is 0 Å². The van der Waals surface area contributed by atoms with Gasteiger partial charge in [0.2, 0.25) is 0 Å². The van der Waals surface area contributed by atoms with Gasteiger partial charge in [0.1, 0.15) is 0 Å². The predicted octanol–water partition coefficient (Wildman–Crippen LogP) is 1.52. The Bertz CT molecular complexity index is 506. The molecule has 0 heterocycles. The first kappa shape index (κ1) is 40.5. The molecule has 0 saturated heterocycles. The van der Waals surface area contributed by atoms with Gasteiger partial charge in [-0.1, -0.05) is 15.9 Å². The minimum absolute atomic E-state index is 0.250. The van der Waals surface area contributed by atoms with Gasteiger partial charge in [0.15, 0.2) is 0 Å². The largest absolute Gasteiger partial charge is 0.466 e. The van der Waals surface area contributed by atoms with Gasteiger partial charge in [-0.3, -0.25) is 4.79 Å². The number of alkyl halides is 1. The van der Waals surface area contributed by atoms with Crippen molar-refractivity contribution in [3.8, 4) is 0 Å². The van der Waals surface area contributed by atoms with E-state index in [0.717, 1.165) is 5.33 Å². The topological polar surface area (TPSA) is 128 Å². The van der Waals surface area contributed by atoms with Crippen LogP contribution in [-0.4, -0.2) is 163 Å². The van der Waals surface area contributed by atoms with E-state index in [9.17, 15) is 4.79 Å². The maximum absolute atomic E-state index is 11.1. The summed E-state index contributed by atoms with van der Waals surface area (Å²) in [5, 5.41) is 0.835. The zero-order valence-corrected chi connectivity index (χ0v) is 26.4. The Balaban J connectivity index is 3.05. The predicted molar refractivity (Wildman–Crippen MR) is 154 cm³/mol. The summed E-state index contributed by atoms with van der Waals surface area (Å²) < 4.78 is 64.2. The molecular weight excluding hydrogens is 612 g/mol. The molecular formula is C27H53BrO13. The Hall–Kier alpha value is -0.490. The van der Waals surface area contributed by atoms with Gasteiger partial charge in [-0.05, 0) is 6.92 Å². The highest BCUT2D eigenvalue weighted by Gasteiger charge is 2.01. The Morgan fingerprint density at radius 1 is 0.390 bits per heavy atom. The van der Waals surface area contributed by atoms with E-state index in [-0.39, 0.29) is 12.4 Å². The fraction of sp³-hybridized carbons (Fsp3) is 0.963. The number of ether oxygens (including phenoxy) is 12. The van der Waals surface area contributed by atoms with E-state index in [2.05, 4.69) is 15.9 Å². The number of hydrogen-bond donors (Lipinski definition) is 0. The lowest BCUT2D eigenvalue weighted by molar-refractivity contribution is -0.144. The molecule has 41 heavy (non-hydrogen) atoms. The zero-order valence-electron chi connectivity index (χ0n) is 24.9. The van der Waals surface area contributed by atoms with Crippen molar-refractivity contribution in [2.45, 2.75) is 13.3 Å². The summed E-state index contributed by atoms with van der Waals surface area (Å²) in [6.07, 6.45) is 0.258. The Kier molecular flexibility index (Phi) is 37.1. The van der Waals surface area contributed by atoms with Gasteiger partial charge in [0, 0.05) is 5.33 Å². The summed E-state index contributed by atoms with van der Waals surface area (Å²) in [7, 11) is 0. The second-order valence-electron chi connectivity index (χ2n) is 7.98. The van der Waals surface area contributed by atoms with Gasteiger partial charge in [-0.2, -0.15) is 0 Å². The van der Waals surface area contributed by atoms with Crippen LogP contribution in [0.1, 0.15) is 13.3 Å². The van der Waals surface area contributed by atoms with Gasteiger partial charge in [0.25, 0.3) is 0 Å². The number of hydrogen-bond acceptors (Lipinski definition) is 13. The van der Waals surface area contributed by atoms with Crippen LogP contribution in [0, 0.1) is 0 Å². The normalized spacial score (nSPS) is 11.4. The lowest BCUT2D eigenvalue weighted by atomic mass is 10.5. The average molecular weight is 666 g/mol. The maximum atomic E-state index is 11.1. The average Bonchev–Trinajstić information content (AvgIpc) is 2.97. The highest BCUT2D eigenvalue weighted by Crippen LogP contribution is 1.90. The van der Waals surface area contributed by atoms with Crippen LogP contribution in [0.15, 0.2) is 0 Å². The molecule has 0 saturated carbocycles. The molecule has 0 aliphatic carbocycles. The van der Waals surface area contributed by atoms with Crippen LogP contribution >= 0.6 is 15.9 Å². The van der Waals surface area contributed by atoms with E-state index in [1.54, 1.807) is 6.92 Å². The molecule has 0 aromatic rings. The van der Waals surface area contributed by atoms with E-state index in [0.29, 0.717) is 152 Å².